The lowest BCUT2D eigenvalue weighted by Gasteiger charge is -2.25. The molecule has 3 aliphatic rings. The molecule has 170 valence electrons. The third kappa shape index (κ3) is 4.13. The zero-order valence-corrected chi connectivity index (χ0v) is 18.7. The molecule has 1 aromatic rings. The molecular formula is C24H25N5O4. The lowest BCUT2D eigenvalue weighted by atomic mass is 9.91. The summed E-state index contributed by atoms with van der Waals surface area (Å²) < 4.78 is 0. The van der Waals surface area contributed by atoms with Crippen LogP contribution in [0, 0.1) is 12.8 Å². The van der Waals surface area contributed by atoms with Crippen molar-refractivity contribution < 1.29 is 19.2 Å². The molecule has 1 aromatic carbocycles. The number of carbonyl (C=O) groups is 4. The summed E-state index contributed by atoms with van der Waals surface area (Å²) >= 11 is 0. The largest absolute Gasteiger partial charge is 0.334 e. The highest BCUT2D eigenvalue weighted by molar-refractivity contribution is 6.21. The van der Waals surface area contributed by atoms with Gasteiger partial charge in [-0.25, -0.2) is 9.79 Å². The van der Waals surface area contributed by atoms with Crippen molar-refractivity contribution in [3.8, 4) is 0 Å². The third-order valence-corrected chi connectivity index (χ3v) is 6.03. The number of fused-ring (bicyclic) bond motifs is 1. The van der Waals surface area contributed by atoms with Crippen LogP contribution in [0.3, 0.4) is 0 Å². The van der Waals surface area contributed by atoms with E-state index < -0.39 is 35.8 Å². The number of carbonyl (C=O) groups excluding carboxylic acids is 4. The molecule has 2 aliphatic heterocycles. The summed E-state index contributed by atoms with van der Waals surface area (Å²) in [5.74, 6) is -1.53. The third-order valence-electron chi connectivity index (χ3n) is 6.03. The average Bonchev–Trinajstić information content (AvgIpc) is 3.01. The molecule has 0 aromatic heterocycles. The molecule has 1 fully saturated rings. The molecule has 1 aliphatic carbocycles. The number of nitrogens with zero attached hydrogens (tertiary/aromatic N) is 4. The number of imide groups is 1. The maximum atomic E-state index is 13.1. The van der Waals surface area contributed by atoms with Gasteiger partial charge in [0.15, 0.2) is 5.84 Å². The number of nitrogens with one attached hydrogen (secondary N) is 1. The summed E-state index contributed by atoms with van der Waals surface area (Å²) in [6.45, 7) is 5.22. The molecule has 0 saturated carbocycles. The van der Waals surface area contributed by atoms with Gasteiger partial charge in [0.2, 0.25) is 5.91 Å². The van der Waals surface area contributed by atoms with Gasteiger partial charge >= 0.3 is 6.03 Å². The standard InChI is InChI=1S/C24H25N5O4/c1-4-28(13-19-25-18-8-6-5-7-17(18)21(31)26-19)20(30)14-29-22(32)24(3,27-23(29)33)16-11-9-15(2)10-12-16/h5-12,17H,4,13-14H2,1-3H3,(H,27,33). The van der Waals surface area contributed by atoms with Crippen molar-refractivity contribution >= 4 is 35.3 Å². The molecule has 1 saturated heterocycles. The van der Waals surface area contributed by atoms with Crippen LogP contribution in [-0.2, 0) is 19.9 Å². The summed E-state index contributed by atoms with van der Waals surface area (Å²) in [5, 5.41) is 2.71. The van der Waals surface area contributed by atoms with Gasteiger partial charge < -0.3 is 10.2 Å². The van der Waals surface area contributed by atoms with Crippen molar-refractivity contribution in [3.05, 3.63) is 59.7 Å². The zero-order chi connectivity index (χ0) is 23.8. The van der Waals surface area contributed by atoms with E-state index in [0.29, 0.717) is 17.8 Å². The van der Waals surface area contributed by atoms with Crippen LogP contribution in [-0.4, -0.2) is 64.7 Å². The van der Waals surface area contributed by atoms with Crippen LogP contribution in [0.5, 0.6) is 0 Å². The van der Waals surface area contributed by atoms with E-state index in [4.69, 9.17) is 0 Å². The summed E-state index contributed by atoms with van der Waals surface area (Å²) in [6.07, 6.45) is 7.03. The lowest BCUT2D eigenvalue weighted by Crippen LogP contribution is -2.46. The molecule has 1 N–H and O–H groups in total. The summed E-state index contributed by atoms with van der Waals surface area (Å²) in [4.78, 5) is 61.8. The maximum Gasteiger partial charge on any atom is 0.325 e. The molecule has 0 radical (unpaired) electrons. The molecular weight excluding hydrogens is 422 g/mol. The van der Waals surface area contributed by atoms with E-state index >= 15 is 0 Å². The normalized spacial score (nSPS) is 23.8. The Kier molecular flexibility index (Phi) is 5.80. The van der Waals surface area contributed by atoms with E-state index in [2.05, 4.69) is 15.3 Å². The monoisotopic (exact) mass is 447 g/mol. The first-order valence-corrected chi connectivity index (χ1v) is 10.8. The average molecular weight is 447 g/mol. The molecule has 0 spiro atoms. The van der Waals surface area contributed by atoms with E-state index in [1.54, 1.807) is 50.3 Å². The van der Waals surface area contributed by atoms with Gasteiger partial charge in [0.1, 0.15) is 18.0 Å². The Bertz CT molecular complexity index is 1150. The number of amidine groups is 1. The quantitative estimate of drug-likeness (QED) is 0.670. The lowest BCUT2D eigenvalue weighted by molar-refractivity contribution is -0.138. The van der Waals surface area contributed by atoms with Crippen LogP contribution in [0.4, 0.5) is 4.79 Å². The Hall–Kier alpha value is -3.88. The highest BCUT2D eigenvalue weighted by atomic mass is 16.2. The molecule has 9 nitrogen and oxygen atoms in total. The van der Waals surface area contributed by atoms with E-state index in [1.807, 2.05) is 19.1 Å². The summed E-state index contributed by atoms with van der Waals surface area (Å²) in [6, 6.07) is 6.68. The Labute approximate surface area is 191 Å². The van der Waals surface area contributed by atoms with Gasteiger partial charge in [0.25, 0.3) is 11.8 Å². The van der Waals surface area contributed by atoms with Crippen LogP contribution >= 0.6 is 0 Å². The van der Waals surface area contributed by atoms with Gasteiger partial charge in [-0.3, -0.25) is 19.3 Å². The molecule has 33 heavy (non-hydrogen) atoms. The maximum absolute atomic E-state index is 13.1. The number of amides is 5. The van der Waals surface area contributed by atoms with E-state index in [-0.39, 0.29) is 18.3 Å². The molecule has 9 heteroatoms. The molecule has 5 amide bonds. The van der Waals surface area contributed by atoms with Crippen molar-refractivity contribution in [1.82, 2.24) is 15.1 Å². The van der Waals surface area contributed by atoms with E-state index in [1.165, 1.54) is 4.90 Å². The minimum absolute atomic E-state index is 0.00767. The number of hydrogen-bond acceptors (Lipinski definition) is 5. The Balaban J connectivity index is 1.47. The topological polar surface area (TPSA) is 112 Å². The highest BCUT2D eigenvalue weighted by Crippen LogP contribution is 2.29. The van der Waals surface area contributed by atoms with Gasteiger partial charge in [-0.1, -0.05) is 48.1 Å². The van der Waals surface area contributed by atoms with Crippen LogP contribution in [0.1, 0.15) is 25.0 Å². The summed E-state index contributed by atoms with van der Waals surface area (Å²) in [5.41, 5.74) is 1.01. The van der Waals surface area contributed by atoms with Crippen molar-refractivity contribution in [1.29, 1.82) is 0 Å². The van der Waals surface area contributed by atoms with Crippen LogP contribution in [0.25, 0.3) is 0 Å². The van der Waals surface area contributed by atoms with E-state index in [9.17, 15) is 19.2 Å². The second-order valence-electron chi connectivity index (χ2n) is 8.35. The van der Waals surface area contributed by atoms with Crippen molar-refractivity contribution in [2.75, 3.05) is 19.6 Å². The number of benzene rings is 1. The molecule has 0 bridgehead atoms. The number of aliphatic imine (C=N–C) groups is 2. The van der Waals surface area contributed by atoms with Crippen molar-refractivity contribution in [2.24, 2.45) is 15.9 Å². The van der Waals surface area contributed by atoms with Gasteiger partial charge in [-0.15, -0.1) is 0 Å². The first-order chi connectivity index (χ1) is 15.7. The fourth-order valence-corrected chi connectivity index (χ4v) is 3.99. The fourth-order valence-electron chi connectivity index (χ4n) is 3.99. The molecule has 2 atom stereocenters. The van der Waals surface area contributed by atoms with Gasteiger partial charge in [-0.05, 0) is 32.4 Å². The smallest absolute Gasteiger partial charge is 0.325 e. The summed E-state index contributed by atoms with van der Waals surface area (Å²) in [7, 11) is 0. The SMILES string of the molecule is CCN(CC1=NC(=O)C2C=CC=CC2=N1)C(=O)CN1C(=O)NC(C)(c2ccc(C)cc2)C1=O. The predicted octanol–water partition coefficient (Wildman–Crippen LogP) is 1.73. The number of hydrogen-bond donors (Lipinski definition) is 1. The molecule has 2 unspecified atom stereocenters. The second kappa shape index (κ2) is 8.57. The molecule has 2 heterocycles. The fraction of sp³-hybridized carbons (Fsp3) is 0.333. The van der Waals surface area contributed by atoms with E-state index in [0.717, 1.165) is 10.5 Å². The van der Waals surface area contributed by atoms with Crippen molar-refractivity contribution in [3.63, 3.8) is 0 Å². The zero-order valence-electron chi connectivity index (χ0n) is 18.7. The first kappa shape index (κ1) is 22.3. The highest BCUT2D eigenvalue weighted by Gasteiger charge is 2.49. The minimum Gasteiger partial charge on any atom is -0.334 e. The molecule has 4 rings (SSSR count). The van der Waals surface area contributed by atoms with Crippen LogP contribution in [0.2, 0.25) is 0 Å². The second-order valence-corrected chi connectivity index (χ2v) is 8.35. The number of urea groups is 1. The predicted molar refractivity (Wildman–Crippen MR) is 123 cm³/mol. The van der Waals surface area contributed by atoms with Gasteiger partial charge in [0, 0.05) is 6.54 Å². The van der Waals surface area contributed by atoms with Crippen LogP contribution in [0.15, 0.2) is 58.6 Å². The Morgan fingerprint density at radius 1 is 1.15 bits per heavy atom. The number of aryl methyl sites for hydroxylation is 1. The number of rotatable bonds is 6. The first-order valence-electron chi connectivity index (χ1n) is 10.8. The number of likely N-dealkylation sites (N-methyl/N-ethyl adjacent to an activating group) is 1. The number of allylic oxidation sites excluding steroid dienone is 3. The van der Waals surface area contributed by atoms with Crippen LogP contribution < -0.4 is 5.32 Å². The Morgan fingerprint density at radius 2 is 1.88 bits per heavy atom. The van der Waals surface area contributed by atoms with Gasteiger partial charge in [-0.2, -0.15) is 4.99 Å². The van der Waals surface area contributed by atoms with Crippen molar-refractivity contribution in [2.45, 2.75) is 26.3 Å². The van der Waals surface area contributed by atoms with Gasteiger partial charge in [0.05, 0.1) is 12.3 Å². The Morgan fingerprint density at radius 3 is 2.58 bits per heavy atom. The minimum atomic E-state index is -1.25.